The summed E-state index contributed by atoms with van der Waals surface area (Å²) in [5.41, 5.74) is 7.56. The predicted molar refractivity (Wildman–Crippen MR) is 133 cm³/mol. The normalized spacial score (nSPS) is 10.2. The number of thiocarbonyl (C=S) groups is 1. The third-order valence-corrected chi connectivity index (χ3v) is 4.82. The molecule has 0 aliphatic rings. The number of nitrogens with one attached hydrogen (secondary N) is 3. The molecule has 176 valence electrons. The Hall–Kier alpha value is -4.18. The molecular weight excluding hydrogens is 456 g/mol. The van der Waals surface area contributed by atoms with Crippen LogP contribution in [0, 0.1) is 17.0 Å². The van der Waals surface area contributed by atoms with Crippen LogP contribution in [0.25, 0.3) is 0 Å². The summed E-state index contributed by atoms with van der Waals surface area (Å²) in [5, 5.41) is 14.4. The van der Waals surface area contributed by atoms with Gasteiger partial charge in [0.25, 0.3) is 5.91 Å². The third-order valence-electron chi connectivity index (χ3n) is 4.62. The van der Waals surface area contributed by atoms with E-state index >= 15 is 0 Å². The molecule has 0 spiro atoms. The minimum Gasteiger partial charge on any atom is -0.492 e. The van der Waals surface area contributed by atoms with Gasteiger partial charge in [-0.2, -0.15) is 0 Å². The molecule has 0 bridgehead atoms. The minimum absolute atomic E-state index is 0.0621. The van der Waals surface area contributed by atoms with Gasteiger partial charge in [-0.1, -0.05) is 30.3 Å². The maximum atomic E-state index is 12.6. The van der Waals surface area contributed by atoms with Gasteiger partial charge in [-0.15, -0.1) is 0 Å². The molecule has 0 atom stereocenters. The van der Waals surface area contributed by atoms with Crippen molar-refractivity contribution in [2.45, 2.75) is 20.5 Å². The van der Waals surface area contributed by atoms with Gasteiger partial charge in [-0.3, -0.25) is 25.8 Å². The quantitative estimate of drug-likeness (QED) is 0.245. The Morgan fingerprint density at radius 3 is 2.56 bits per heavy atom. The largest absolute Gasteiger partial charge is 0.492 e. The second kappa shape index (κ2) is 11.6. The molecule has 34 heavy (non-hydrogen) atoms. The second-order valence-electron chi connectivity index (χ2n) is 7.18. The summed E-state index contributed by atoms with van der Waals surface area (Å²) in [5.74, 6) is 0.392. The van der Waals surface area contributed by atoms with E-state index in [2.05, 4.69) is 16.2 Å². The van der Waals surface area contributed by atoms with Gasteiger partial charge >= 0.3 is 5.69 Å². The lowest BCUT2D eigenvalue weighted by molar-refractivity contribution is -0.386. The average molecular weight is 481 g/mol. The molecule has 0 radical (unpaired) electrons. The fourth-order valence-corrected chi connectivity index (χ4v) is 3.21. The van der Waals surface area contributed by atoms with E-state index in [4.69, 9.17) is 21.7 Å². The predicted octanol–water partition coefficient (Wildman–Crippen LogP) is 4.51. The lowest BCUT2D eigenvalue weighted by Crippen LogP contribution is -2.43. The highest BCUT2D eigenvalue weighted by Crippen LogP contribution is 2.28. The summed E-state index contributed by atoms with van der Waals surface area (Å²) in [7, 11) is 0. The zero-order valence-corrected chi connectivity index (χ0v) is 19.5. The fourth-order valence-electron chi connectivity index (χ4n) is 3.05. The number of carbonyl (C=O) groups excluding carboxylic acids is 1. The molecule has 0 aliphatic carbocycles. The number of para-hydroxylation sites is 2. The fraction of sp³-hybridized carbons (Fsp3) is 0.167. The first-order chi connectivity index (χ1) is 16.4. The number of hydrogen-bond acceptors (Lipinski definition) is 6. The van der Waals surface area contributed by atoms with Crippen molar-refractivity contribution >= 4 is 34.6 Å². The van der Waals surface area contributed by atoms with Gasteiger partial charge in [0.15, 0.2) is 10.9 Å². The van der Waals surface area contributed by atoms with E-state index < -0.39 is 10.8 Å². The number of rotatable bonds is 8. The first-order valence-electron chi connectivity index (χ1n) is 10.4. The van der Waals surface area contributed by atoms with Crippen LogP contribution in [-0.2, 0) is 6.61 Å². The summed E-state index contributed by atoms with van der Waals surface area (Å²) in [4.78, 5) is 23.3. The summed E-state index contributed by atoms with van der Waals surface area (Å²) in [6, 6.07) is 18.8. The van der Waals surface area contributed by atoms with Crippen molar-refractivity contribution in [1.29, 1.82) is 0 Å². The lowest BCUT2D eigenvalue weighted by Gasteiger charge is -2.15. The highest BCUT2D eigenvalue weighted by Gasteiger charge is 2.15. The van der Waals surface area contributed by atoms with Crippen molar-refractivity contribution in [3.8, 4) is 11.5 Å². The van der Waals surface area contributed by atoms with Crippen LogP contribution >= 0.6 is 12.2 Å². The number of hydrogen-bond donors (Lipinski definition) is 3. The van der Waals surface area contributed by atoms with Crippen LogP contribution in [-0.4, -0.2) is 22.5 Å². The smallest absolute Gasteiger partial charge is 0.311 e. The molecule has 10 heteroatoms. The van der Waals surface area contributed by atoms with E-state index in [1.165, 1.54) is 6.07 Å². The molecule has 3 N–H and O–H groups in total. The van der Waals surface area contributed by atoms with E-state index in [1.807, 2.05) is 31.2 Å². The van der Waals surface area contributed by atoms with Gasteiger partial charge in [0.1, 0.15) is 12.4 Å². The molecule has 0 aliphatic heterocycles. The van der Waals surface area contributed by atoms with Crippen LogP contribution in [0.2, 0.25) is 0 Å². The van der Waals surface area contributed by atoms with Gasteiger partial charge in [0.05, 0.1) is 17.2 Å². The molecule has 0 saturated heterocycles. The molecule has 3 aromatic carbocycles. The van der Waals surface area contributed by atoms with Crippen molar-refractivity contribution in [2.24, 2.45) is 0 Å². The van der Waals surface area contributed by atoms with Crippen molar-refractivity contribution < 1.29 is 19.2 Å². The summed E-state index contributed by atoms with van der Waals surface area (Å²) in [6.07, 6.45) is 0. The van der Waals surface area contributed by atoms with Crippen LogP contribution in [0.5, 0.6) is 11.5 Å². The average Bonchev–Trinajstić information content (AvgIpc) is 2.83. The Balaban J connectivity index is 1.58. The monoisotopic (exact) mass is 480 g/mol. The summed E-state index contributed by atoms with van der Waals surface area (Å²) >= 11 is 5.24. The molecule has 9 nitrogen and oxygen atoms in total. The molecule has 0 aromatic heterocycles. The number of nitro benzene ring substituents is 1. The van der Waals surface area contributed by atoms with E-state index in [0.717, 1.165) is 5.56 Å². The van der Waals surface area contributed by atoms with Crippen LogP contribution in [0.3, 0.4) is 0 Å². The first kappa shape index (κ1) is 24.5. The Morgan fingerprint density at radius 2 is 1.79 bits per heavy atom. The zero-order valence-electron chi connectivity index (χ0n) is 18.7. The zero-order chi connectivity index (χ0) is 24.5. The number of carbonyl (C=O) groups is 1. The van der Waals surface area contributed by atoms with E-state index in [9.17, 15) is 14.9 Å². The standard InChI is InChI=1S/C24H24N4O5S/c1-3-32-21-10-5-4-9-19(21)25-24(34)27-26-23(29)18-8-6-7-17(14-18)15-33-22-12-11-16(2)13-20(22)28(30)31/h4-14H,3,15H2,1-2H3,(H,26,29)(H2,25,27,34). The van der Waals surface area contributed by atoms with E-state index in [1.54, 1.807) is 43.3 Å². The van der Waals surface area contributed by atoms with Crippen molar-refractivity contribution in [3.05, 3.63) is 93.5 Å². The number of amides is 1. The van der Waals surface area contributed by atoms with Crippen LogP contribution in [0.4, 0.5) is 11.4 Å². The second-order valence-corrected chi connectivity index (χ2v) is 7.59. The van der Waals surface area contributed by atoms with Gasteiger partial charge in [-0.25, -0.2) is 0 Å². The molecule has 3 aromatic rings. The number of benzene rings is 3. The summed E-state index contributed by atoms with van der Waals surface area (Å²) in [6.45, 7) is 4.22. The Bertz CT molecular complexity index is 1200. The third kappa shape index (κ3) is 6.66. The van der Waals surface area contributed by atoms with E-state index in [0.29, 0.717) is 29.2 Å². The number of nitro groups is 1. The van der Waals surface area contributed by atoms with Gasteiger partial charge in [0, 0.05) is 11.6 Å². The van der Waals surface area contributed by atoms with Crippen molar-refractivity contribution in [1.82, 2.24) is 10.9 Å². The topological polar surface area (TPSA) is 115 Å². The molecule has 0 saturated carbocycles. The van der Waals surface area contributed by atoms with Gasteiger partial charge in [0.2, 0.25) is 0 Å². The number of nitrogens with zero attached hydrogens (tertiary/aromatic N) is 1. The molecule has 0 fully saturated rings. The molecule has 1 amide bonds. The number of aryl methyl sites for hydroxylation is 1. The molecular formula is C24H24N4O5S. The summed E-state index contributed by atoms with van der Waals surface area (Å²) < 4.78 is 11.2. The Labute approximate surface area is 202 Å². The van der Waals surface area contributed by atoms with Crippen LogP contribution < -0.4 is 25.6 Å². The SMILES string of the molecule is CCOc1ccccc1NC(=S)NNC(=O)c1cccc(COc2ccc(C)cc2[N+](=O)[O-])c1. The Kier molecular flexibility index (Phi) is 8.36. The highest BCUT2D eigenvalue weighted by atomic mass is 32.1. The number of ether oxygens (including phenoxy) is 2. The maximum Gasteiger partial charge on any atom is 0.311 e. The molecule has 0 heterocycles. The van der Waals surface area contributed by atoms with Crippen LogP contribution in [0.15, 0.2) is 66.7 Å². The Morgan fingerprint density at radius 1 is 1.00 bits per heavy atom. The van der Waals surface area contributed by atoms with E-state index in [-0.39, 0.29) is 23.2 Å². The van der Waals surface area contributed by atoms with Crippen molar-refractivity contribution in [2.75, 3.05) is 11.9 Å². The van der Waals surface area contributed by atoms with Crippen molar-refractivity contribution in [3.63, 3.8) is 0 Å². The number of anilines is 1. The maximum absolute atomic E-state index is 12.6. The molecule has 3 rings (SSSR count). The molecule has 0 unspecified atom stereocenters. The highest BCUT2D eigenvalue weighted by molar-refractivity contribution is 7.80. The van der Waals surface area contributed by atoms with Gasteiger partial charge < -0.3 is 14.8 Å². The van der Waals surface area contributed by atoms with Crippen LogP contribution in [0.1, 0.15) is 28.4 Å². The number of hydrazine groups is 1. The lowest BCUT2D eigenvalue weighted by atomic mass is 10.1. The first-order valence-corrected chi connectivity index (χ1v) is 10.8. The van der Waals surface area contributed by atoms with Gasteiger partial charge in [-0.05, 0) is 67.5 Å². The minimum atomic E-state index is -0.485.